The first-order chi connectivity index (χ1) is 9.11. The average molecular weight is 298 g/mol. The lowest BCUT2D eigenvalue weighted by Crippen LogP contribution is -2.47. The van der Waals surface area contributed by atoms with Gasteiger partial charge in [0.1, 0.15) is 16.5 Å². The molecule has 20 heavy (non-hydrogen) atoms. The van der Waals surface area contributed by atoms with Crippen molar-refractivity contribution in [3.63, 3.8) is 0 Å². The van der Waals surface area contributed by atoms with E-state index in [0.29, 0.717) is 10.6 Å². The van der Waals surface area contributed by atoms with E-state index < -0.39 is 17.6 Å². The third kappa shape index (κ3) is 4.59. The molecule has 0 aromatic carbocycles. The lowest BCUT2D eigenvalue weighted by molar-refractivity contribution is -0.158. The van der Waals surface area contributed by atoms with Crippen LogP contribution in [-0.2, 0) is 9.53 Å². The van der Waals surface area contributed by atoms with Gasteiger partial charge in [-0.1, -0.05) is 13.8 Å². The second-order valence-electron chi connectivity index (χ2n) is 6.00. The van der Waals surface area contributed by atoms with Crippen LogP contribution in [0.25, 0.3) is 0 Å². The number of esters is 1. The van der Waals surface area contributed by atoms with Crippen LogP contribution in [0.5, 0.6) is 0 Å². The van der Waals surface area contributed by atoms with Crippen molar-refractivity contribution in [3.8, 4) is 0 Å². The molecule has 1 amide bonds. The van der Waals surface area contributed by atoms with Gasteiger partial charge >= 0.3 is 5.97 Å². The van der Waals surface area contributed by atoms with Gasteiger partial charge in [-0.2, -0.15) is 0 Å². The van der Waals surface area contributed by atoms with Crippen LogP contribution < -0.4 is 5.32 Å². The van der Waals surface area contributed by atoms with Crippen LogP contribution in [0.2, 0.25) is 0 Å². The second kappa shape index (κ2) is 6.35. The van der Waals surface area contributed by atoms with Crippen molar-refractivity contribution >= 4 is 23.2 Å². The minimum absolute atomic E-state index is 0.0537. The molecule has 112 valence electrons. The molecule has 0 aliphatic rings. The Morgan fingerprint density at radius 3 is 2.35 bits per heavy atom. The molecule has 0 fully saturated rings. The number of carbonyl (C=O) groups excluding carboxylic acids is 2. The largest absolute Gasteiger partial charge is 0.458 e. The molecule has 0 bridgehead atoms. The predicted molar refractivity (Wildman–Crippen MR) is 78.8 cm³/mol. The number of aromatic nitrogens is 1. The Morgan fingerprint density at radius 2 is 1.95 bits per heavy atom. The number of carbonyl (C=O) groups is 2. The Bertz CT molecular complexity index is 489. The number of nitrogens with zero attached hydrogens (tertiary/aromatic N) is 1. The molecule has 0 unspecified atom stereocenters. The van der Waals surface area contributed by atoms with Crippen LogP contribution in [0.4, 0.5) is 0 Å². The van der Waals surface area contributed by atoms with Gasteiger partial charge in [0.2, 0.25) is 0 Å². The number of amides is 1. The van der Waals surface area contributed by atoms with E-state index in [1.165, 1.54) is 11.3 Å². The van der Waals surface area contributed by atoms with E-state index in [2.05, 4.69) is 10.3 Å². The maximum atomic E-state index is 12.2. The Morgan fingerprint density at radius 1 is 1.35 bits per heavy atom. The van der Waals surface area contributed by atoms with Crippen molar-refractivity contribution in [1.29, 1.82) is 0 Å². The van der Waals surface area contributed by atoms with Crippen molar-refractivity contribution in [1.82, 2.24) is 10.3 Å². The fraction of sp³-hybridized carbons (Fsp3) is 0.643. The Kier molecular flexibility index (Phi) is 5.28. The number of thiazole rings is 1. The van der Waals surface area contributed by atoms with E-state index in [1.54, 1.807) is 33.2 Å². The fourth-order valence-electron chi connectivity index (χ4n) is 1.59. The molecule has 5 nitrogen and oxygen atoms in total. The summed E-state index contributed by atoms with van der Waals surface area (Å²) in [6, 6.07) is -0.664. The quantitative estimate of drug-likeness (QED) is 0.867. The molecule has 6 heteroatoms. The van der Waals surface area contributed by atoms with Gasteiger partial charge < -0.3 is 10.1 Å². The van der Waals surface area contributed by atoms with Gasteiger partial charge in [-0.15, -0.1) is 11.3 Å². The molecule has 1 aromatic heterocycles. The van der Waals surface area contributed by atoms with Gasteiger partial charge in [-0.05, 0) is 33.6 Å². The Labute approximate surface area is 123 Å². The molecule has 1 heterocycles. The summed E-state index contributed by atoms with van der Waals surface area (Å²) >= 11 is 1.26. The zero-order valence-electron chi connectivity index (χ0n) is 12.8. The predicted octanol–water partition coefficient (Wildman–Crippen LogP) is 2.55. The minimum Gasteiger partial charge on any atom is -0.458 e. The van der Waals surface area contributed by atoms with Crippen LogP contribution in [0.3, 0.4) is 0 Å². The van der Waals surface area contributed by atoms with Crippen LogP contribution in [0.15, 0.2) is 5.51 Å². The highest BCUT2D eigenvalue weighted by atomic mass is 32.1. The van der Waals surface area contributed by atoms with Crippen molar-refractivity contribution in [2.24, 2.45) is 5.92 Å². The summed E-state index contributed by atoms with van der Waals surface area (Å²) in [5.41, 5.74) is 1.71. The molecular formula is C14H22N2O3S. The van der Waals surface area contributed by atoms with Crippen molar-refractivity contribution in [3.05, 3.63) is 16.1 Å². The molecule has 0 radical (unpaired) electrons. The first-order valence-corrected chi connectivity index (χ1v) is 7.43. The van der Waals surface area contributed by atoms with E-state index >= 15 is 0 Å². The van der Waals surface area contributed by atoms with E-state index in [0.717, 1.165) is 0 Å². The highest BCUT2D eigenvalue weighted by Crippen LogP contribution is 2.15. The van der Waals surface area contributed by atoms with Crippen molar-refractivity contribution < 1.29 is 14.3 Å². The topological polar surface area (TPSA) is 68.3 Å². The monoisotopic (exact) mass is 298 g/mol. The molecule has 0 saturated carbocycles. The van der Waals surface area contributed by atoms with Gasteiger partial charge in [-0.25, -0.2) is 9.78 Å². The summed E-state index contributed by atoms with van der Waals surface area (Å²) in [4.78, 5) is 28.9. The summed E-state index contributed by atoms with van der Waals surface area (Å²) in [5.74, 6) is -0.750. The Balaban J connectivity index is 2.81. The average Bonchev–Trinajstić information content (AvgIpc) is 2.69. The Hall–Kier alpha value is -1.43. The van der Waals surface area contributed by atoms with Crippen LogP contribution in [-0.4, -0.2) is 28.5 Å². The summed E-state index contributed by atoms with van der Waals surface area (Å²) in [7, 11) is 0. The zero-order valence-corrected chi connectivity index (χ0v) is 13.6. The van der Waals surface area contributed by atoms with E-state index in [4.69, 9.17) is 4.74 Å². The van der Waals surface area contributed by atoms with E-state index in [9.17, 15) is 9.59 Å². The van der Waals surface area contributed by atoms with Gasteiger partial charge in [-0.3, -0.25) is 4.79 Å². The lowest BCUT2D eigenvalue weighted by atomic mass is 10.0. The highest BCUT2D eigenvalue weighted by molar-refractivity contribution is 7.11. The highest BCUT2D eigenvalue weighted by Gasteiger charge is 2.30. The maximum Gasteiger partial charge on any atom is 0.329 e. The molecule has 0 saturated heterocycles. The van der Waals surface area contributed by atoms with Gasteiger partial charge in [0, 0.05) is 0 Å². The summed E-state index contributed by atoms with van der Waals surface area (Å²) < 4.78 is 5.34. The second-order valence-corrected chi connectivity index (χ2v) is 6.85. The normalized spacial score (nSPS) is 13.2. The van der Waals surface area contributed by atoms with Crippen LogP contribution in [0, 0.1) is 12.8 Å². The van der Waals surface area contributed by atoms with Crippen molar-refractivity contribution in [2.75, 3.05) is 0 Å². The van der Waals surface area contributed by atoms with Crippen LogP contribution in [0.1, 0.15) is 50.0 Å². The first-order valence-electron chi connectivity index (χ1n) is 6.55. The third-order valence-electron chi connectivity index (χ3n) is 2.57. The van der Waals surface area contributed by atoms with Gasteiger partial charge in [0.05, 0.1) is 11.2 Å². The SMILES string of the molecule is Cc1ncsc1C(=O)N[C@@H](C(=O)OC(C)(C)C)C(C)C. The van der Waals surface area contributed by atoms with Crippen molar-refractivity contribution in [2.45, 2.75) is 53.2 Å². The minimum atomic E-state index is -0.664. The standard InChI is InChI=1S/C14H22N2O3S/c1-8(2)10(13(18)19-14(4,5)6)16-12(17)11-9(3)15-7-20-11/h7-8,10H,1-6H3,(H,16,17)/t10-/m1/s1. The van der Waals surface area contributed by atoms with E-state index in [-0.39, 0.29) is 11.8 Å². The number of nitrogens with one attached hydrogen (secondary N) is 1. The number of hydrogen-bond acceptors (Lipinski definition) is 5. The molecule has 1 N–H and O–H groups in total. The van der Waals surface area contributed by atoms with Gasteiger partial charge in [0.15, 0.2) is 0 Å². The summed E-state index contributed by atoms with van der Waals surface area (Å²) in [5, 5.41) is 2.74. The van der Waals surface area contributed by atoms with Crippen LogP contribution >= 0.6 is 11.3 Å². The number of hydrogen-bond donors (Lipinski definition) is 1. The molecule has 0 aliphatic heterocycles. The fourth-order valence-corrected chi connectivity index (χ4v) is 2.30. The smallest absolute Gasteiger partial charge is 0.329 e. The maximum absolute atomic E-state index is 12.2. The lowest BCUT2D eigenvalue weighted by Gasteiger charge is -2.26. The molecule has 1 aromatic rings. The molecule has 1 rings (SSSR count). The summed E-state index contributed by atoms with van der Waals surface area (Å²) in [6.07, 6.45) is 0. The molecule has 0 aliphatic carbocycles. The number of ether oxygens (including phenoxy) is 1. The van der Waals surface area contributed by atoms with Gasteiger partial charge in [0.25, 0.3) is 5.91 Å². The summed E-state index contributed by atoms with van der Waals surface area (Å²) in [6.45, 7) is 10.9. The first kappa shape index (κ1) is 16.6. The number of rotatable bonds is 4. The molecule has 1 atom stereocenters. The zero-order chi connectivity index (χ0) is 15.5. The third-order valence-corrected chi connectivity index (χ3v) is 3.49. The molecule has 0 spiro atoms. The number of aryl methyl sites for hydroxylation is 1. The molecular weight excluding hydrogens is 276 g/mol. The van der Waals surface area contributed by atoms with E-state index in [1.807, 2.05) is 13.8 Å².